The van der Waals surface area contributed by atoms with Gasteiger partial charge in [-0.1, -0.05) is 55.9 Å². The summed E-state index contributed by atoms with van der Waals surface area (Å²) < 4.78 is 0. The van der Waals surface area contributed by atoms with Crippen LogP contribution in [0.2, 0.25) is 19.6 Å². The summed E-state index contributed by atoms with van der Waals surface area (Å²) in [6.45, 7) is 6.83. The van der Waals surface area contributed by atoms with Crippen LogP contribution in [0.4, 0.5) is 0 Å². The zero-order valence-electron chi connectivity index (χ0n) is 10.9. The normalized spacial score (nSPS) is 13.1. The molecule has 1 unspecified atom stereocenters. The molecule has 16 heavy (non-hydrogen) atoms. The minimum atomic E-state index is -1.29. The largest absolute Gasteiger partial charge is 0.292 e. The summed E-state index contributed by atoms with van der Waals surface area (Å²) in [4.78, 5) is 2.17. The van der Waals surface area contributed by atoms with Gasteiger partial charge in [0.05, 0.1) is 6.04 Å². The minimum absolute atomic E-state index is 0.216. The summed E-state index contributed by atoms with van der Waals surface area (Å²) in [5.74, 6) is 3.41. The van der Waals surface area contributed by atoms with Crippen molar-refractivity contribution in [2.45, 2.75) is 25.7 Å². The summed E-state index contributed by atoms with van der Waals surface area (Å²) in [6.07, 6.45) is 0. The minimum Gasteiger partial charge on any atom is -0.292 e. The van der Waals surface area contributed by atoms with Gasteiger partial charge in [0.25, 0.3) is 0 Å². The van der Waals surface area contributed by atoms with Gasteiger partial charge >= 0.3 is 0 Å². The van der Waals surface area contributed by atoms with Crippen molar-refractivity contribution in [1.82, 2.24) is 4.90 Å². The van der Waals surface area contributed by atoms with E-state index in [4.69, 9.17) is 0 Å². The van der Waals surface area contributed by atoms with Crippen molar-refractivity contribution >= 4 is 8.07 Å². The molecule has 0 saturated carbocycles. The van der Waals surface area contributed by atoms with E-state index < -0.39 is 8.07 Å². The Morgan fingerprint density at radius 2 is 1.62 bits per heavy atom. The summed E-state index contributed by atoms with van der Waals surface area (Å²) >= 11 is 0. The van der Waals surface area contributed by atoms with Crippen LogP contribution in [0.3, 0.4) is 0 Å². The SMILES string of the molecule is CN(C)C(C#C[Si](C)(C)C)c1ccccc1. The molecule has 86 valence electrons. The molecule has 1 aromatic rings. The third kappa shape index (κ3) is 4.22. The summed E-state index contributed by atoms with van der Waals surface area (Å²) in [5, 5.41) is 0. The van der Waals surface area contributed by atoms with Crippen LogP contribution >= 0.6 is 0 Å². The molecular weight excluding hydrogens is 210 g/mol. The highest BCUT2D eigenvalue weighted by atomic mass is 28.3. The van der Waals surface area contributed by atoms with Crippen LogP contribution in [0.5, 0.6) is 0 Å². The fourth-order valence-electron chi connectivity index (χ4n) is 1.43. The van der Waals surface area contributed by atoms with Gasteiger partial charge < -0.3 is 0 Å². The van der Waals surface area contributed by atoms with Gasteiger partial charge in [-0.15, -0.1) is 5.54 Å². The first kappa shape index (κ1) is 13.0. The zero-order valence-corrected chi connectivity index (χ0v) is 11.9. The van der Waals surface area contributed by atoms with Crippen molar-refractivity contribution in [2.75, 3.05) is 14.1 Å². The molecule has 0 aliphatic carbocycles. The Morgan fingerprint density at radius 3 is 2.06 bits per heavy atom. The smallest absolute Gasteiger partial charge is 0.129 e. The third-order valence-electron chi connectivity index (χ3n) is 2.22. The van der Waals surface area contributed by atoms with Gasteiger partial charge in [0, 0.05) is 0 Å². The quantitative estimate of drug-likeness (QED) is 0.558. The lowest BCUT2D eigenvalue weighted by molar-refractivity contribution is 0.361. The van der Waals surface area contributed by atoms with Crippen molar-refractivity contribution < 1.29 is 0 Å². The van der Waals surface area contributed by atoms with Crippen LogP contribution < -0.4 is 0 Å². The summed E-state index contributed by atoms with van der Waals surface area (Å²) in [7, 11) is 2.87. The van der Waals surface area contributed by atoms with Crippen LogP contribution in [0.15, 0.2) is 30.3 Å². The predicted molar refractivity (Wildman–Crippen MR) is 74.0 cm³/mol. The third-order valence-corrected chi connectivity index (χ3v) is 3.11. The molecule has 0 saturated heterocycles. The number of hydrogen-bond donors (Lipinski definition) is 0. The van der Waals surface area contributed by atoms with E-state index in [1.54, 1.807) is 0 Å². The number of hydrogen-bond acceptors (Lipinski definition) is 1. The maximum absolute atomic E-state index is 3.45. The maximum atomic E-state index is 3.45. The van der Waals surface area contributed by atoms with Gasteiger partial charge in [-0.3, -0.25) is 4.90 Å². The van der Waals surface area contributed by atoms with Crippen LogP contribution in [-0.4, -0.2) is 27.1 Å². The van der Waals surface area contributed by atoms with Gasteiger partial charge in [-0.05, 0) is 19.7 Å². The molecule has 0 aromatic heterocycles. The molecule has 0 aliphatic heterocycles. The van der Waals surface area contributed by atoms with Gasteiger partial charge in [0.1, 0.15) is 8.07 Å². The van der Waals surface area contributed by atoms with Crippen molar-refractivity contribution in [2.24, 2.45) is 0 Å². The molecule has 1 rings (SSSR count). The monoisotopic (exact) mass is 231 g/mol. The fraction of sp³-hybridized carbons (Fsp3) is 0.429. The average Bonchev–Trinajstić information content (AvgIpc) is 2.17. The van der Waals surface area contributed by atoms with E-state index in [1.807, 2.05) is 6.07 Å². The number of rotatable bonds is 2. The Hall–Kier alpha value is -1.04. The average molecular weight is 231 g/mol. The second kappa shape index (κ2) is 5.34. The lowest BCUT2D eigenvalue weighted by atomic mass is 10.1. The Morgan fingerprint density at radius 1 is 1.06 bits per heavy atom. The van der Waals surface area contributed by atoms with Gasteiger partial charge in [-0.25, -0.2) is 0 Å². The van der Waals surface area contributed by atoms with E-state index >= 15 is 0 Å². The van der Waals surface area contributed by atoms with Crippen molar-refractivity contribution in [3.8, 4) is 11.5 Å². The lowest BCUT2D eigenvalue weighted by Gasteiger charge is -2.20. The maximum Gasteiger partial charge on any atom is 0.129 e. The van der Waals surface area contributed by atoms with Gasteiger partial charge in [0.2, 0.25) is 0 Å². The molecule has 0 amide bonds. The van der Waals surface area contributed by atoms with Crippen LogP contribution in [0.1, 0.15) is 11.6 Å². The van der Waals surface area contributed by atoms with E-state index in [-0.39, 0.29) is 6.04 Å². The highest BCUT2D eigenvalue weighted by Gasteiger charge is 2.12. The van der Waals surface area contributed by atoms with Gasteiger partial charge in [-0.2, -0.15) is 0 Å². The van der Waals surface area contributed by atoms with Crippen LogP contribution in [0, 0.1) is 11.5 Å². The second-order valence-electron chi connectivity index (χ2n) is 5.30. The topological polar surface area (TPSA) is 3.24 Å². The molecule has 0 fully saturated rings. The molecule has 0 bridgehead atoms. The molecule has 1 atom stereocenters. The number of nitrogens with zero attached hydrogens (tertiary/aromatic N) is 1. The molecule has 0 aliphatic rings. The van der Waals surface area contributed by atoms with Crippen molar-refractivity contribution in [3.63, 3.8) is 0 Å². The van der Waals surface area contributed by atoms with Crippen molar-refractivity contribution in [3.05, 3.63) is 35.9 Å². The van der Waals surface area contributed by atoms with E-state index in [0.29, 0.717) is 0 Å². The molecule has 1 aromatic carbocycles. The first-order valence-electron chi connectivity index (χ1n) is 5.64. The summed E-state index contributed by atoms with van der Waals surface area (Å²) in [5.41, 5.74) is 4.73. The Balaban J connectivity index is 2.97. The zero-order chi connectivity index (χ0) is 12.2. The second-order valence-corrected chi connectivity index (χ2v) is 10.0. The molecular formula is C14H21NSi. The first-order chi connectivity index (χ1) is 7.40. The number of benzene rings is 1. The highest BCUT2D eigenvalue weighted by Crippen LogP contribution is 2.16. The summed E-state index contributed by atoms with van der Waals surface area (Å²) in [6, 6.07) is 10.7. The van der Waals surface area contributed by atoms with Crippen LogP contribution in [0.25, 0.3) is 0 Å². The highest BCUT2D eigenvalue weighted by molar-refractivity contribution is 6.83. The van der Waals surface area contributed by atoms with Crippen molar-refractivity contribution in [1.29, 1.82) is 0 Å². The first-order valence-corrected chi connectivity index (χ1v) is 9.14. The molecule has 0 N–H and O–H groups in total. The van der Waals surface area contributed by atoms with E-state index in [9.17, 15) is 0 Å². The Bertz CT molecular complexity index is 379. The molecule has 0 radical (unpaired) electrons. The fourth-order valence-corrected chi connectivity index (χ4v) is 2.00. The van der Waals surface area contributed by atoms with E-state index in [2.05, 4.69) is 74.4 Å². The predicted octanol–water partition coefficient (Wildman–Crippen LogP) is 3.17. The Labute approximate surface area is 100 Å². The van der Waals surface area contributed by atoms with E-state index in [1.165, 1.54) is 5.56 Å². The molecule has 0 heterocycles. The lowest BCUT2D eigenvalue weighted by Crippen LogP contribution is -2.21. The van der Waals surface area contributed by atoms with Crippen LogP contribution in [-0.2, 0) is 0 Å². The molecule has 0 spiro atoms. The standard InChI is InChI=1S/C14H21NSi/c1-15(2)14(11-12-16(3,4)5)13-9-7-6-8-10-13/h6-10,14H,1-5H3. The van der Waals surface area contributed by atoms with Gasteiger partial charge in [0.15, 0.2) is 0 Å². The Kier molecular flexibility index (Phi) is 4.34. The van der Waals surface area contributed by atoms with E-state index in [0.717, 1.165) is 0 Å². The molecule has 2 heteroatoms. The molecule has 1 nitrogen and oxygen atoms in total.